The summed E-state index contributed by atoms with van der Waals surface area (Å²) >= 11 is 0. The molecular weight excluding hydrogens is 330 g/mol. The number of hydrogen-bond acceptors (Lipinski definition) is 5. The zero-order valence-corrected chi connectivity index (χ0v) is 15.2. The molecule has 2 aliphatic rings. The summed E-state index contributed by atoms with van der Waals surface area (Å²) in [5.41, 5.74) is 1.72. The van der Waals surface area contributed by atoms with Crippen LogP contribution < -0.4 is 10.5 Å². The topological polar surface area (TPSA) is 82.2 Å². The van der Waals surface area contributed by atoms with Gasteiger partial charge in [-0.1, -0.05) is 12.8 Å². The summed E-state index contributed by atoms with van der Waals surface area (Å²) in [6.07, 6.45) is 6.53. The monoisotopic (exact) mass is 353 g/mol. The van der Waals surface area contributed by atoms with Crippen LogP contribution in [-0.4, -0.2) is 38.8 Å². The minimum absolute atomic E-state index is 0.0940. The van der Waals surface area contributed by atoms with Crippen LogP contribution in [0.1, 0.15) is 53.1 Å². The molecule has 0 aromatic carbocycles. The van der Waals surface area contributed by atoms with E-state index in [4.69, 9.17) is 0 Å². The number of hydrogen-bond donors (Lipinski definition) is 1. The van der Waals surface area contributed by atoms with Crippen LogP contribution in [0.5, 0.6) is 0 Å². The third-order valence-electron chi connectivity index (χ3n) is 5.42. The van der Waals surface area contributed by atoms with Crippen LogP contribution in [0, 0.1) is 6.92 Å². The van der Waals surface area contributed by atoms with E-state index in [2.05, 4.69) is 19.9 Å². The average molecular weight is 353 g/mol. The zero-order valence-electron chi connectivity index (χ0n) is 15.2. The number of carbonyl (C=O) groups is 1. The lowest BCUT2D eigenvalue weighted by Crippen LogP contribution is -2.30. The Kier molecular flexibility index (Phi) is 4.22. The van der Waals surface area contributed by atoms with Crippen molar-refractivity contribution in [3.63, 3.8) is 0 Å². The first-order valence-electron chi connectivity index (χ1n) is 9.10. The lowest BCUT2D eigenvalue weighted by atomic mass is 10.2. The Bertz CT molecular complexity index is 901. The van der Waals surface area contributed by atoms with E-state index in [0.717, 1.165) is 5.82 Å². The summed E-state index contributed by atoms with van der Waals surface area (Å²) < 4.78 is 0. The van der Waals surface area contributed by atoms with Gasteiger partial charge in [0.2, 0.25) is 0 Å². The molecule has 1 amide bonds. The number of rotatable bonds is 3. The molecule has 136 valence electrons. The van der Waals surface area contributed by atoms with Crippen molar-refractivity contribution in [2.75, 3.05) is 11.9 Å². The molecule has 1 fully saturated rings. The number of aromatic nitrogens is 3. The highest BCUT2D eigenvalue weighted by Gasteiger charge is 2.28. The Labute approximate surface area is 152 Å². The van der Waals surface area contributed by atoms with Gasteiger partial charge in [0.15, 0.2) is 0 Å². The molecule has 0 unspecified atom stereocenters. The Hall–Kier alpha value is -2.70. The summed E-state index contributed by atoms with van der Waals surface area (Å²) in [5, 5.41) is 0. The number of amides is 1. The lowest BCUT2D eigenvalue weighted by molar-refractivity contribution is 0.0750. The predicted molar refractivity (Wildman–Crippen MR) is 98.1 cm³/mol. The Balaban J connectivity index is 1.55. The molecule has 1 saturated carbocycles. The quantitative estimate of drug-likeness (QED) is 0.913. The summed E-state index contributed by atoms with van der Waals surface area (Å²) in [5.74, 6) is 1.31. The molecule has 1 aliphatic carbocycles. The zero-order chi connectivity index (χ0) is 18.3. The number of nitrogens with zero attached hydrogens (tertiary/aromatic N) is 4. The fourth-order valence-corrected chi connectivity index (χ4v) is 3.94. The van der Waals surface area contributed by atoms with Crippen LogP contribution in [0.25, 0.3) is 0 Å². The SMILES string of the molecule is Cc1nc2c(c(=O)[nH]1)CN(C(=O)c1ccnc(N(C)C3CCCC3)c1)C2. The molecule has 1 N–H and O–H groups in total. The van der Waals surface area contributed by atoms with Crippen molar-refractivity contribution in [3.8, 4) is 0 Å². The first kappa shape index (κ1) is 16.8. The van der Waals surface area contributed by atoms with Crippen molar-refractivity contribution in [2.24, 2.45) is 0 Å². The van der Waals surface area contributed by atoms with Gasteiger partial charge in [0.05, 0.1) is 24.3 Å². The molecule has 0 atom stereocenters. The summed E-state index contributed by atoms with van der Waals surface area (Å²) in [6.45, 7) is 2.42. The fourth-order valence-electron chi connectivity index (χ4n) is 3.94. The maximum absolute atomic E-state index is 12.9. The number of H-pyrrole nitrogens is 1. The molecule has 1 aliphatic heterocycles. The maximum atomic E-state index is 12.9. The Morgan fingerprint density at radius 2 is 2.08 bits per heavy atom. The van der Waals surface area contributed by atoms with E-state index in [-0.39, 0.29) is 11.5 Å². The van der Waals surface area contributed by atoms with Gasteiger partial charge in [-0.15, -0.1) is 0 Å². The van der Waals surface area contributed by atoms with Gasteiger partial charge in [0.25, 0.3) is 11.5 Å². The van der Waals surface area contributed by atoms with Crippen LogP contribution in [0.2, 0.25) is 0 Å². The van der Waals surface area contributed by atoms with E-state index in [1.165, 1.54) is 25.7 Å². The van der Waals surface area contributed by atoms with Crippen molar-refractivity contribution in [1.29, 1.82) is 0 Å². The largest absolute Gasteiger partial charge is 0.357 e. The van der Waals surface area contributed by atoms with Crippen molar-refractivity contribution in [1.82, 2.24) is 19.9 Å². The van der Waals surface area contributed by atoms with Gasteiger partial charge >= 0.3 is 0 Å². The third kappa shape index (κ3) is 2.98. The number of carbonyl (C=O) groups excluding carboxylic acids is 1. The predicted octanol–water partition coefficient (Wildman–Crippen LogP) is 2.01. The minimum atomic E-state index is -0.154. The molecule has 26 heavy (non-hydrogen) atoms. The van der Waals surface area contributed by atoms with E-state index >= 15 is 0 Å². The number of aryl methyl sites for hydroxylation is 1. The van der Waals surface area contributed by atoms with Crippen LogP contribution in [0.4, 0.5) is 5.82 Å². The number of fused-ring (bicyclic) bond motifs is 1. The summed E-state index contributed by atoms with van der Waals surface area (Å²) in [6, 6.07) is 4.09. The number of pyridine rings is 1. The first-order valence-corrected chi connectivity index (χ1v) is 9.10. The lowest BCUT2D eigenvalue weighted by Gasteiger charge is -2.26. The van der Waals surface area contributed by atoms with E-state index in [0.29, 0.717) is 41.8 Å². The molecule has 2 aromatic heterocycles. The van der Waals surface area contributed by atoms with E-state index in [1.807, 2.05) is 13.1 Å². The normalized spacial score (nSPS) is 16.8. The minimum Gasteiger partial charge on any atom is -0.357 e. The van der Waals surface area contributed by atoms with Crippen molar-refractivity contribution >= 4 is 11.7 Å². The van der Waals surface area contributed by atoms with Crippen LogP contribution in [0.3, 0.4) is 0 Å². The highest BCUT2D eigenvalue weighted by molar-refractivity contribution is 5.95. The van der Waals surface area contributed by atoms with E-state index in [9.17, 15) is 9.59 Å². The van der Waals surface area contributed by atoms with Gasteiger partial charge in [-0.2, -0.15) is 0 Å². The second-order valence-corrected chi connectivity index (χ2v) is 7.19. The molecular formula is C19H23N5O2. The van der Waals surface area contributed by atoms with Crippen molar-refractivity contribution in [3.05, 3.63) is 51.3 Å². The molecule has 2 aromatic rings. The Morgan fingerprint density at radius 1 is 1.31 bits per heavy atom. The summed E-state index contributed by atoms with van der Waals surface area (Å²) in [7, 11) is 2.05. The molecule has 0 radical (unpaired) electrons. The van der Waals surface area contributed by atoms with Crippen LogP contribution >= 0.6 is 0 Å². The molecule has 0 bridgehead atoms. The first-order chi connectivity index (χ1) is 12.5. The fraction of sp³-hybridized carbons (Fsp3) is 0.474. The summed E-state index contributed by atoms with van der Waals surface area (Å²) in [4.78, 5) is 40.4. The molecule has 0 saturated heterocycles. The van der Waals surface area contributed by atoms with Crippen molar-refractivity contribution < 1.29 is 4.79 Å². The molecule has 7 heteroatoms. The van der Waals surface area contributed by atoms with Gasteiger partial charge < -0.3 is 14.8 Å². The highest BCUT2D eigenvalue weighted by atomic mass is 16.2. The van der Waals surface area contributed by atoms with Gasteiger partial charge in [0.1, 0.15) is 11.6 Å². The number of anilines is 1. The van der Waals surface area contributed by atoms with E-state index < -0.39 is 0 Å². The second kappa shape index (κ2) is 6.55. The maximum Gasteiger partial charge on any atom is 0.256 e. The standard InChI is InChI=1S/C19H23N5O2/c1-12-21-16-11-24(10-15(16)18(25)22-12)19(26)13-7-8-20-17(9-13)23(2)14-5-3-4-6-14/h7-9,14H,3-6,10-11H2,1-2H3,(H,21,22,25). The Morgan fingerprint density at radius 3 is 2.85 bits per heavy atom. The number of aromatic amines is 1. The van der Waals surface area contributed by atoms with Gasteiger partial charge in [-0.25, -0.2) is 9.97 Å². The second-order valence-electron chi connectivity index (χ2n) is 7.19. The van der Waals surface area contributed by atoms with Crippen LogP contribution in [0.15, 0.2) is 23.1 Å². The highest BCUT2D eigenvalue weighted by Crippen LogP contribution is 2.27. The van der Waals surface area contributed by atoms with Gasteiger partial charge in [0, 0.05) is 24.8 Å². The van der Waals surface area contributed by atoms with Gasteiger partial charge in [-0.05, 0) is 31.9 Å². The third-order valence-corrected chi connectivity index (χ3v) is 5.42. The van der Waals surface area contributed by atoms with Crippen molar-refractivity contribution in [2.45, 2.75) is 51.7 Å². The smallest absolute Gasteiger partial charge is 0.256 e. The molecule has 7 nitrogen and oxygen atoms in total. The average Bonchev–Trinajstić information content (AvgIpc) is 3.30. The molecule has 4 rings (SSSR count). The van der Waals surface area contributed by atoms with Crippen LogP contribution in [-0.2, 0) is 13.1 Å². The molecule has 3 heterocycles. The van der Waals surface area contributed by atoms with E-state index in [1.54, 1.807) is 24.1 Å². The molecule has 0 spiro atoms. The van der Waals surface area contributed by atoms with Gasteiger partial charge in [-0.3, -0.25) is 9.59 Å². The number of nitrogens with one attached hydrogen (secondary N) is 1.